The van der Waals surface area contributed by atoms with Gasteiger partial charge in [-0.25, -0.2) is 4.39 Å². The molecule has 0 aliphatic carbocycles. The number of halogens is 3. The Balaban J connectivity index is 1.67. The second-order valence-electron chi connectivity index (χ2n) is 6.39. The fourth-order valence-corrected chi connectivity index (χ4v) is 3.50. The van der Waals surface area contributed by atoms with Gasteiger partial charge in [0.1, 0.15) is 5.82 Å². The Kier molecular flexibility index (Phi) is 5.94. The summed E-state index contributed by atoms with van der Waals surface area (Å²) in [5.74, 6) is 0.0817. The van der Waals surface area contributed by atoms with Crippen molar-refractivity contribution in [2.75, 3.05) is 25.0 Å². The van der Waals surface area contributed by atoms with Crippen molar-refractivity contribution in [3.05, 3.63) is 51.9 Å². The van der Waals surface area contributed by atoms with Gasteiger partial charge in [0.15, 0.2) is 11.0 Å². The maximum atomic E-state index is 14.0. The highest BCUT2D eigenvalue weighted by atomic mass is 35.5. The first-order chi connectivity index (χ1) is 12.5. The third kappa shape index (κ3) is 4.24. The van der Waals surface area contributed by atoms with Crippen LogP contribution in [0.25, 0.3) is 0 Å². The third-order valence-electron chi connectivity index (χ3n) is 4.55. The van der Waals surface area contributed by atoms with E-state index in [9.17, 15) is 9.18 Å². The Morgan fingerprint density at radius 3 is 2.81 bits per heavy atom. The topological polar surface area (TPSA) is 49.3 Å². The molecule has 2 aromatic rings. The summed E-state index contributed by atoms with van der Waals surface area (Å²) in [5.41, 5.74) is 0.334. The molecule has 0 spiro atoms. The SMILES string of the molecule is CN(Cc1c(F)cccc1Cl)C(=O)[C@@H]1CCCN(c2ccc(Cl)nn2)C1. The predicted molar refractivity (Wildman–Crippen MR) is 99.9 cm³/mol. The van der Waals surface area contributed by atoms with Gasteiger partial charge in [0, 0.05) is 37.3 Å². The van der Waals surface area contributed by atoms with Crippen LogP contribution in [-0.4, -0.2) is 41.1 Å². The molecule has 8 heteroatoms. The van der Waals surface area contributed by atoms with Crippen LogP contribution >= 0.6 is 23.2 Å². The third-order valence-corrected chi connectivity index (χ3v) is 5.10. The Hall–Kier alpha value is -1.92. The average Bonchev–Trinajstić information content (AvgIpc) is 2.65. The number of rotatable bonds is 4. The molecule has 26 heavy (non-hydrogen) atoms. The molecule has 1 aliphatic rings. The van der Waals surface area contributed by atoms with Crippen LogP contribution in [0.15, 0.2) is 30.3 Å². The molecule has 1 atom stereocenters. The molecule has 0 unspecified atom stereocenters. The van der Waals surface area contributed by atoms with Gasteiger partial charge in [-0.2, -0.15) is 0 Å². The standard InChI is InChI=1S/C18H19Cl2FN4O/c1-24(11-13-14(19)5-2-6-15(13)21)18(26)12-4-3-9-25(10-12)17-8-7-16(20)22-23-17/h2,5-8,12H,3-4,9-11H2,1H3/t12-/m1/s1. The lowest BCUT2D eigenvalue weighted by Gasteiger charge is -2.34. The van der Waals surface area contributed by atoms with E-state index in [0.29, 0.717) is 28.1 Å². The molecule has 5 nitrogen and oxygen atoms in total. The minimum absolute atomic E-state index is 0.0315. The van der Waals surface area contributed by atoms with Gasteiger partial charge in [-0.15, -0.1) is 10.2 Å². The number of carbonyl (C=O) groups is 1. The fourth-order valence-electron chi connectivity index (χ4n) is 3.17. The monoisotopic (exact) mass is 396 g/mol. The summed E-state index contributed by atoms with van der Waals surface area (Å²) in [6.07, 6.45) is 1.65. The molecule has 2 heterocycles. The van der Waals surface area contributed by atoms with E-state index in [0.717, 1.165) is 19.4 Å². The molecule has 1 aromatic carbocycles. The summed E-state index contributed by atoms with van der Waals surface area (Å²) >= 11 is 11.8. The van der Waals surface area contributed by atoms with Crippen molar-refractivity contribution < 1.29 is 9.18 Å². The van der Waals surface area contributed by atoms with E-state index in [2.05, 4.69) is 10.2 Å². The molecule has 0 saturated carbocycles. The van der Waals surface area contributed by atoms with Gasteiger partial charge in [0.05, 0.1) is 5.92 Å². The summed E-state index contributed by atoms with van der Waals surface area (Å²) < 4.78 is 14.0. The van der Waals surface area contributed by atoms with Crippen LogP contribution in [0.3, 0.4) is 0 Å². The van der Waals surface area contributed by atoms with Crippen molar-refractivity contribution in [2.24, 2.45) is 5.92 Å². The first kappa shape index (κ1) is 18.9. The summed E-state index contributed by atoms with van der Waals surface area (Å²) in [6.45, 7) is 1.50. The molecule has 0 radical (unpaired) electrons. The molecule has 1 fully saturated rings. The molecular weight excluding hydrogens is 378 g/mol. The second kappa shape index (κ2) is 8.18. The van der Waals surface area contributed by atoms with E-state index >= 15 is 0 Å². The van der Waals surface area contributed by atoms with Crippen LogP contribution in [0, 0.1) is 11.7 Å². The van der Waals surface area contributed by atoms with E-state index < -0.39 is 5.82 Å². The number of hydrogen-bond acceptors (Lipinski definition) is 4. The van der Waals surface area contributed by atoms with Gasteiger partial charge in [-0.3, -0.25) is 4.79 Å². The van der Waals surface area contributed by atoms with Crippen molar-refractivity contribution in [2.45, 2.75) is 19.4 Å². The molecule has 1 aliphatic heterocycles. The average molecular weight is 397 g/mol. The van der Waals surface area contributed by atoms with Crippen molar-refractivity contribution in [1.82, 2.24) is 15.1 Å². The van der Waals surface area contributed by atoms with E-state index in [1.165, 1.54) is 11.0 Å². The lowest BCUT2D eigenvalue weighted by Crippen LogP contribution is -2.44. The van der Waals surface area contributed by atoms with E-state index in [4.69, 9.17) is 23.2 Å². The molecule has 1 amide bonds. The molecular formula is C18H19Cl2FN4O. The largest absolute Gasteiger partial charge is 0.354 e. The van der Waals surface area contributed by atoms with Gasteiger partial charge < -0.3 is 9.80 Å². The van der Waals surface area contributed by atoms with Gasteiger partial charge in [-0.05, 0) is 37.1 Å². The van der Waals surface area contributed by atoms with Gasteiger partial charge in [0.25, 0.3) is 0 Å². The smallest absolute Gasteiger partial charge is 0.227 e. The zero-order valence-corrected chi connectivity index (χ0v) is 15.8. The zero-order chi connectivity index (χ0) is 18.7. The first-order valence-corrected chi connectivity index (χ1v) is 9.13. The number of carbonyl (C=O) groups excluding carboxylic acids is 1. The lowest BCUT2D eigenvalue weighted by atomic mass is 9.96. The fraction of sp³-hybridized carbons (Fsp3) is 0.389. The summed E-state index contributed by atoms with van der Waals surface area (Å²) in [6, 6.07) is 8.00. The highest BCUT2D eigenvalue weighted by Gasteiger charge is 2.29. The first-order valence-electron chi connectivity index (χ1n) is 8.37. The Morgan fingerprint density at radius 1 is 1.31 bits per heavy atom. The predicted octanol–water partition coefficient (Wildman–Crippen LogP) is 3.80. The molecule has 1 saturated heterocycles. The number of aromatic nitrogens is 2. The lowest BCUT2D eigenvalue weighted by molar-refractivity contribution is -0.135. The van der Waals surface area contributed by atoms with Crippen molar-refractivity contribution in [3.8, 4) is 0 Å². The number of anilines is 1. The molecule has 1 aromatic heterocycles. The Labute approximate surface area is 161 Å². The molecule has 3 rings (SSSR count). The van der Waals surface area contributed by atoms with Crippen LogP contribution in [0.5, 0.6) is 0 Å². The maximum absolute atomic E-state index is 14.0. The quantitative estimate of drug-likeness (QED) is 0.788. The summed E-state index contributed by atoms with van der Waals surface area (Å²) in [4.78, 5) is 16.4. The van der Waals surface area contributed by atoms with Gasteiger partial charge in [-0.1, -0.05) is 29.3 Å². The maximum Gasteiger partial charge on any atom is 0.227 e. The van der Waals surface area contributed by atoms with Crippen LogP contribution in [-0.2, 0) is 11.3 Å². The van der Waals surface area contributed by atoms with Crippen LogP contribution in [0.4, 0.5) is 10.2 Å². The zero-order valence-electron chi connectivity index (χ0n) is 14.3. The summed E-state index contributed by atoms with van der Waals surface area (Å²) in [7, 11) is 1.67. The highest BCUT2D eigenvalue weighted by molar-refractivity contribution is 6.31. The molecule has 0 N–H and O–H groups in total. The number of nitrogens with zero attached hydrogens (tertiary/aromatic N) is 4. The number of benzene rings is 1. The Bertz CT molecular complexity index is 767. The second-order valence-corrected chi connectivity index (χ2v) is 7.19. The van der Waals surface area contributed by atoms with Crippen molar-refractivity contribution >= 4 is 34.9 Å². The van der Waals surface area contributed by atoms with E-state index in [1.807, 2.05) is 4.90 Å². The van der Waals surface area contributed by atoms with E-state index in [1.54, 1.807) is 31.3 Å². The summed E-state index contributed by atoms with van der Waals surface area (Å²) in [5, 5.41) is 8.60. The van der Waals surface area contributed by atoms with Crippen LogP contribution in [0.2, 0.25) is 10.2 Å². The number of piperidine rings is 1. The molecule has 138 valence electrons. The number of amides is 1. The van der Waals surface area contributed by atoms with Crippen LogP contribution < -0.4 is 4.90 Å². The van der Waals surface area contributed by atoms with Gasteiger partial charge in [0.2, 0.25) is 5.91 Å². The Morgan fingerprint density at radius 2 is 2.12 bits per heavy atom. The van der Waals surface area contributed by atoms with Gasteiger partial charge >= 0.3 is 0 Å². The highest BCUT2D eigenvalue weighted by Crippen LogP contribution is 2.25. The van der Waals surface area contributed by atoms with Crippen molar-refractivity contribution in [1.29, 1.82) is 0 Å². The number of hydrogen-bond donors (Lipinski definition) is 0. The van der Waals surface area contributed by atoms with Crippen LogP contribution in [0.1, 0.15) is 18.4 Å². The minimum Gasteiger partial charge on any atom is -0.354 e. The minimum atomic E-state index is -0.404. The normalized spacial score (nSPS) is 17.2. The van der Waals surface area contributed by atoms with E-state index in [-0.39, 0.29) is 18.4 Å². The van der Waals surface area contributed by atoms with Crippen molar-refractivity contribution in [3.63, 3.8) is 0 Å². The molecule has 0 bridgehead atoms.